The van der Waals surface area contributed by atoms with Gasteiger partial charge in [-0.25, -0.2) is 0 Å². The Bertz CT molecular complexity index is 554. The molecule has 0 amide bonds. The molecule has 1 rings (SSSR count). The number of esters is 1. The lowest BCUT2D eigenvalue weighted by Crippen LogP contribution is -2.05. The van der Waals surface area contributed by atoms with Crippen LogP contribution in [0.25, 0.3) is 0 Å². The molecule has 0 aliphatic rings. The summed E-state index contributed by atoms with van der Waals surface area (Å²) in [7, 11) is 0. The summed E-state index contributed by atoms with van der Waals surface area (Å²) in [6, 6.07) is 4.42. The zero-order valence-corrected chi connectivity index (χ0v) is 24.9. The van der Waals surface area contributed by atoms with E-state index >= 15 is 0 Å². The summed E-state index contributed by atoms with van der Waals surface area (Å²) in [6.07, 6.45) is 33.9. The quantitative estimate of drug-likeness (QED) is 0.0811. The molecule has 0 spiro atoms. The Morgan fingerprint density at radius 3 is 1.53 bits per heavy atom. The normalized spacial score (nSPS) is 11.2. The third kappa shape index (κ3) is 23.6. The van der Waals surface area contributed by atoms with E-state index in [0.717, 1.165) is 12.8 Å². The highest BCUT2D eigenvalue weighted by molar-refractivity contribution is 7.09. The predicted octanol–water partition coefficient (Wildman–Crippen LogP) is 11.6. The fraction of sp³-hybridized carbons (Fsp3) is 0.848. The number of hydrogen-bond acceptors (Lipinski definition) is 3. The van der Waals surface area contributed by atoms with Crippen molar-refractivity contribution < 1.29 is 9.53 Å². The molecule has 0 bridgehead atoms. The molecule has 0 saturated carbocycles. The number of unbranched alkanes of at least 4 members (excludes halogenated alkanes) is 22. The maximum Gasteiger partial charge on any atom is 0.305 e. The molecule has 0 fully saturated rings. The Morgan fingerprint density at radius 1 is 0.611 bits per heavy atom. The molecule has 0 saturated heterocycles. The SMILES string of the molecule is CCCCCCCCCCCCCCCOC(=O)CCCCCCCCCCCCCc1cccs1. The van der Waals surface area contributed by atoms with Crippen molar-refractivity contribution in [2.45, 2.75) is 174 Å². The van der Waals surface area contributed by atoms with Crippen molar-refractivity contribution in [2.75, 3.05) is 6.61 Å². The molecule has 0 unspecified atom stereocenters. The summed E-state index contributed by atoms with van der Waals surface area (Å²) in [5.74, 6) is 0.0213. The highest BCUT2D eigenvalue weighted by Crippen LogP contribution is 2.16. The molecule has 0 radical (unpaired) electrons. The predicted molar refractivity (Wildman–Crippen MR) is 160 cm³/mol. The molecule has 1 heterocycles. The summed E-state index contributed by atoms with van der Waals surface area (Å²) >= 11 is 1.89. The van der Waals surface area contributed by atoms with Crippen molar-refractivity contribution in [3.05, 3.63) is 22.4 Å². The van der Waals surface area contributed by atoms with Crippen LogP contribution in [-0.4, -0.2) is 12.6 Å². The monoisotopic (exact) mass is 520 g/mol. The van der Waals surface area contributed by atoms with Crippen LogP contribution < -0.4 is 0 Å². The van der Waals surface area contributed by atoms with Gasteiger partial charge >= 0.3 is 5.97 Å². The second kappa shape index (κ2) is 27.2. The number of carbonyl (C=O) groups is 1. The van der Waals surface area contributed by atoms with E-state index in [-0.39, 0.29) is 5.97 Å². The van der Waals surface area contributed by atoms with E-state index in [2.05, 4.69) is 24.4 Å². The van der Waals surface area contributed by atoms with Crippen LogP contribution >= 0.6 is 11.3 Å². The third-order valence-electron chi connectivity index (χ3n) is 7.40. The number of thiophene rings is 1. The van der Waals surface area contributed by atoms with E-state index in [1.54, 1.807) is 0 Å². The molecule has 2 nitrogen and oxygen atoms in total. The van der Waals surface area contributed by atoms with Gasteiger partial charge < -0.3 is 4.74 Å². The van der Waals surface area contributed by atoms with E-state index in [9.17, 15) is 4.79 Å². The van der Waals surface area contributed by atoms with E-state index in [1.165, 1.54) is 153 Å². The minimum Gasteiger partial charge on any atom is -0.466 e. The van der Waals surface area contributed by atoms with Gasteiger partial charge in [-0.1, -0.05) is 148 Å². The second-order valence-corrected chi connectivity index (χ2v) is 12.0. The maximum absolute atomic E-state index is 11.9. The lowest BCUT2D eigenvalue weighted by Gasteiger charge is -2.06. The first-order chi connectivity index (χ1) is 17.8. The van der Waals surface area contributed by atoms with Gasteiger partial charge in [-0.05, 0) is 37.1 Å². The van der Waals surface area contributed by atoms with Crippen LogP contribution in [0, 0.1) is 0 Å². The van der Waals surface area contributed by atoms with Crippen molar-refractivity contribution in [3.63, 3.8) is 0 Å². The summed E-state index contributed by atoms with van der Waals surface area (Å²) in [5.41, 5.74) is 0. The van der Waals surface area contributed by atoms with Gasteiger partial charge in [-0.2, -0.15) is 0 Å². The molecular formula is C33H60O2S. The molecule has 1 aromatic heterocycles. The molecule has 0 aliphatic heterocycles. The van der Waals surface area contributed by atoms with Crippen molar-refractivity contribution in [1.82, 2.24) is 0 Å². The van der Waals surface area contributed by atoms with Crippen LogP contribution in [-0.2, 0) is 16.0 Å². The van der Waals surface area contributed by atoms with Crippen molar-refractivity contribution in [1.29, 1.82) is 0 Å². The number of hydrogen-bond donors (Lipinski definition) is 0. The smallest absolute Gasteiger partial charge is 0.305 e. The van der Waals surface area contributed by atoms with Crippen LogP contribution in [0.5, 0.6) is 0 Å². The summed E-state index contributed by atoms with van der Waals surface area (Å²) in [4.78, 5) is 13.4. The first-order valence-electron chi connectivity index (χ1n) is 16.0. The topological polar surface area (TPSA) is 26.3 Å². The van der Waals surface area contributed by atoms with Crippen LogP contribution in [0.3, 0.4) is 0 Å². The van der Waals surface area contributed by atoms with Crippen LogP contribution in [0.4, 0.5) is 0 Å². The molecular weight excluding hydrogens is 460 g/mol. The standard InChI is InChI=1S/C33H60O2S/c1-2-3-4-5-6-7-8-9-13-16-19-22-25-30-35-33(34)29-24-21-18-15-12-10-11-14-17-20-23-27-32-28-26-31-36-32/h26,28,31H,2-25,27,29-30H2,1H3. The van der Waals surface area contributed by atoms with Gasteiger partial charge in [0.25, 0.3) is 0 Å². The minimum absolute atomic E-state index is 0.0213. The van der Waals surface area contributed by atoms with Crippen molar-refractivity contribution in [3.8, 4) is 0 Å². The van der Waals surface area contributed by atoms with Crippen LogP contribution in [0.2, 0.25) is 0 Å². The number of carbonyl (C=O) groups excluding carboxylic acids is 1. The first kappa shape index (κ1) is 33.2. The first-order valence-corrected chi connectivity index (χ1v) is 16.9. The number of rotatable bonds is 28. The van der Waals surface area contributed by atoms with Gasteiger partial charge in [-0.3, -0.25) is 4.79 Å². The molecule has 0 aliphatic carbocycles. The van der Waals surface area contributed by atoms with E-state index < -0.39 is 0 Å². The average molecular weight is 521 g/mol. The highest BCUT2D eigenvalue weighted by atomic mass is 32.1. The van der Waals surface area contributed by atoms with Crippen LogP contribution in [0.15, 0.2) is 17.5 Å². The van der Waals surface area contributed by atoms with E-state index in [4.69, 9.17) is 4.74 Å². The molecule has 36 heavy (non-hydrogen) atoms. The largest absolute Gasteiger partial charge is 0.466 e. The fourth-order valence-corrected chi connectivity index (χ4v) is 5.74. The highest BCUT2D eigenvalue weighted by Gasteiger charge is 2.03. The summed E-state index contributed by atoms with van der Waals surface area (Å²) in [6.45, 7) is 2.91. The van der Waals surface area contributed by atoms with Crippen LogP contribution in [0.1, 0.15) is 172 Å². The average Bonchev–Trinajstić information content (AvgIpc) is 3.40. The van der Waals surface area contributed by atoms with E-state index in [0.29, 0.717) is 13.0 Å². The zero-order valence-electron chi connectivity index (χ0n) is 24.0. The van der Waals surface area contributed by atoms with Gasteiger partial charge in [0.15, 0.2) is 0 Å². The molecule has 0 N–H and O–H groups in total. The Balaban J connectivity index is 1.68. The lowest BCUT2D eigenvalue weighted by molar-refractivity contribution is -0.143. The van der Waals surface area contributed by atoms with Gasteiger partial charge in [0.1, 0.15) is 0 Å². The molecule has 1 aromatic rings. The molecule has 0 atom stereocenters. The van der Waals surface area contributed by atoms with Crippen molar-refractivity contribution >= 4 is 17.3 Å². The number of aryl methyl sites for hydroxylation is 1. The van der Waals surface area contributed by atoms with Gasteiger partial charge in [0.05, 0.1) is 6.61 Å². The second-order valence-electron chi connectivity index (χ2n) is 10.9. The lowest BCUT2D eigenvalue weighted by atomic mass is 10.0. The Morgan fingerprint density at radius 2 is 1.06 bits per heavy atom. The van der Waals surface area contributed by atoms with Crippen molar-refractivity contribution in [2.24, 2.45) is 0 Å². The summed E-state index contributed by atoms with van der Waals surface area (Å²) < 4.78 is 5.42. The maximum atomic E-state index is 11.9. The van der Waals surface area contributed by atoms with Gasteiger partial charge in [0, 0.05) is 11.3 Å². The zero-order chi connectivity index (χ0) is 25.8. The Kier molecular flexibility index (Phi) is 25.1. The van der Waals surface area contributed by atoms with Gasteiger partial charge in [-0.15, -0.1) is 11.3 Å². The molecule has 210 valence electrons. The minimum atomic E-state index is 0.0213. The fourth-order valence-electron chi connectivity index (χ4n) is 4.99. The number of ether oxygens (including phenoxy) is 1. The Labute approximate surface area is 229 Å². The summed E-state index contributed by atoms with van der Waals surface area (Å²) in [5, 5.41) is 2.18. The molecule has 3 heteroatoms. The molecule has 0 aromatic carbocycles. The third-order valence-corrected chi connectivity index (χ3v) is 8.33. The van der Waals surface area contributed by atoms with E-state index in [1.807, 2.05) is 11.3 Å². The van der Waals surface area contributed by atoms with Gasteiger partial charge in [0.2, 0.25) is 0 Å². The Hall–Kier alpha value is -0.830.